The van der Waals surface area contributed by atoms with Gasteiger partial charge in [0.2, 0.25) is 6.79 Å². The SMILES string of the molecule is O=C(O)CSc1nc2cc(-c3ccc4c(c3)OCO4)c(Cl)cc2[nH]1. The largest absolute Gasteiger partial charge is 0.481 e. The molecule has 0 amide bonds. The van der Waals surface area contributed by atoms with Crippen LogP contribution in [0.15, 0.2) is 35.5 Å². The molecule has 24 heavy (non-hydrogen) atoms. The zero-order chi connectivity index (χ0) is 16.7. The molecule has 0 saturated carbocycles. The van der Waals surface area contributed by atoms with Gasteiger partial charge in [0.05, 0.1) is 21.8 Å². The molecule has 2 heterocycles. The van der Waals surface area contributed by atoms with Crippen LogP contribution in [0.4, 0.5) is 0 Å². The lowest BCUT2D eigenvalue weighted by Gasteiger charge is -2.06. The van der Waals surface area contributed by atoms with Crippen molar-refractivity contribution in [3.8, 4) is 22.6 Å². The fraction of sp³-hybridized carbons (Fsp3) is 0.125. The zero-order valence-electron chi connectivity index (χ0n) is 12.2. The summed E-state index contributed by atoms with van der Waals surface area (Å²) in [6.45, 7) is 0.217. The van der Waals surface area contributed by atoms with E-state index in [0.717, 1.165) is 33.9 Å². The number of fused-ring (bicyclic) bond motifs is 2. The van der Waals surface area contributed by atoms with Crippen LogP contribution in [0, 0.1) is 0 Å². The Kier molecular flexibility index (Phi) is 3.74. The third kappa shape index (κ3) is 2.76. The summed E-state index contributed by atoms with van der Waals surface area (Å²) >= 11 is 7.54. The summed E-state index contributed by atoms with van der Waals surface area (Å²) in [6.07, 6.45) is 0. The molecule has 6 nitrogen and oxygen atoms in total. The number of hydrogen-bond donors (Lipinski definition) is 2. The Morgan fingerprint density at radius 3 is 2.96 bits per heavy atom. The van der Waals surface area contributed by atoms with Gasteiger partial charge in [-0.2, -0.15) is 0 Å². The van der Waals surface area contributed by atoms with E-state index < -0.39 is 5.97 Å². The molecular weight excluding hydrogens is 352 g/mol. The summed E-state index contributed by atoms with van der Waals surface area (Å²) < 4.78 is 10.7. The maximum atomic E-state index is 10.7. The summed E-state index contributed by atoms with van der Waals surface area (Å²) in [5, 5.41) is 9.87. The lowest BCUT2D eigenvalue weighted by molar-refractivity contribution is -0.133. The average molecular weight is 363 g/mol. The number of carboxylic acid groups (broad SMARTS) is 1. The number of benzene rings is 2. The summed E-state index contributed by atoms with van der Waals surface area (Å²) in [5.41, 5.74) is 3.20. The second-order valence-corrected chi connectivity index (χ2v) is 6.51. The second kappa shape index (κ2) is 5.92. The molecule has 0 spiro atoms. The predicted octanol–water partition coefficient (Wildman–Crippen LogP) is 3.79. The van der Waals surface area contributed by atoms with Crippen molar-refractivity contribution in [2.24, 2.45) is 0 Å². The minimum Gasteiger partial charge on any atom is -0.481 e. The number of rotatable bonds is 4. The average Bonchev–Trinajstić information content (AvgIpc) is 3.17. The number of nitrogens with one attached hydrogen (secondary N) is 1. The number of hydrogen-bond acceptors (Lipinski definition) is 5. The molecule has 1 aliphatic rings. The molecule has 4 rings (SSSR count). The van der Waals surface area contributed by atoms with Crippen molar-refractivity contribution >= 4 is 40.4 Å². The van der Waals surface area contributed by atoms with Crippen LogP contribution in [-0.2, 0) is 4.79 Å². The highest BCUT2D eigenvalue weighted by atomic mass is 35.5. The van der Waals surface area contributed by atoms with Crippen molar-refractivity contribution in [1.82, 2.24) is 9.97 Å². The molecule has 8 heteroatoms. The summed E-state index contributed by atoms with van der Waals surface area (Å²) in [7, 11) is 0. The van der Waals surface area contributed by atoms with Gasteiger partial charge in [-0.1, -0.05) is 29.4 Å². The molecule has 0 unspecified atom stereocenters. The maximum Gasteiger partial charge on any atom is 0.313 e. The maximum absolute atomic E-state index is 10.7. The van der Waals surface area contributed by atoms with Gasteiger partial charge < -0.3 is 19.6 Å². The standard InChI is InChI=1S/C16H11ClN2O4S/c17-10-5-12-11(18-16(19-12)24-6-15(20)21)4-9(10)8-1-2-13-14(3-8)23-7-22-13/h1-5H,6-7H2,(H,18,19)(H,20,21). The highest BCUT2D eigenvalue weighted by Gasteiger charge is 2.16. The van der Waals surface area contributed by atoms with Gasteiger partial charge in [-0.25, -0.2) is 4.98 Å². The number of aliphatic carboxylic acids is 1. The first-order valence-electron chi connectivity index (χ1n) is 7.04. The molecule has 2 N–H and O–H groups in total. The lowest BCUT2D eigenvalue weighted by atomic mass is 10.0. The number of carbonyl (C=O) groups is 1. The van der Waals surface area contributed by atoms with Gasteiger partial charge in [-0.15, -0.1) is 0 Å². The quantitative estimate of drug-likeness (QED) is 0.687. The molecule has 1 aromatic heterocycles. The van der Waals surface area contributed by atoms with Gasteiger partial charge in [0, 0.05) is 5.56 Å². The molecular formula is C16H11ClN2O4S. The van der Waals surface area contributed by atoms with Crippen LogP contribution in [0.1, 0.15) is 0 Å². The molecule has 0 radical (unpaired) electrons. The van der Waals surface area contributed by atoms with E-state index >= 15 is 0 Å². The summed E-state index contributed by atoms with van der Waals surface area (Å²) in [6, 6.07) is 9.29. The van der Waals surface area contributed by atoms with E-state index in [4.69, 9.17) is 26.2 Å². The van der Waals surface area contributed by atoms with E-state index in [9.17, 15) is 4.79 Å². The Morgan fingerprint density at radius 2 is 2.12 bits per heavy atom. The van der Waals surface area contributed by atoms with Gasteiger partial charge >= 0.3 is 5.97 Å². The number of aromatic amines is 1. The summed E-state index contributed by atoms with van der Waals surface area (Å²) in [5.74, 6) is 0.453. The first kappa shape index (κ1) is 15.2. The van der Waals surface area contributed by atoms with Crippen LogP contribution >= 0.6 is 23.4 Å². The normalized spacial score (nSPS) is 12.7. The van der Waals surface area contributed by atoms with E-state index in [2.05, 4.69) is 9.97 Å². The van der Waals surface area contributed by atoms with Gasteiger partial charge in [0.1, 0.15) is 0 Å². The topological polar surface area (TPSA) is 84.4 Å². The third-order valence-corrected chi connectivity index (χ3v) is 4.74. The Hall–Kier alpha value is -2.38. The van der Waals surface area contributed by atoms with Crippen LogP contribution < -0.4 is 9.47 Å². The van der Waals surface area contributed by atoms with Crippen molar-refractivity contribution in [3.63, 3.8) is 0 Å². The molecule has 0 aliphatic carbocycles. The Balaban J connectivity index is 1.73. The molecule has 3 aromatic rings. The number of imidazole rings is 1. The van der Waals surface area contributed by atoms with Crippen LogP contribution in [0.5, 0.6) is 11.5 Å². The van der Waals surface area contributed by atoms with Gasteiger partial charge in [0.25, 0.3) is 0 Å². The fourth-order valence-corrected chi connectivity index (χ4v) is 3.37. The number of halogens is 1. The predicted molar refractivity (Wildman–Crippen MR) is 91.0 cm³/mol. The molecule has 0 atom stereocenters. The van der Waals surface area contributed by atoms with Gasteiger partial charge in [-0.3, -0.25) is 4.79 Å². The number of nitrogens with zero attached hydrogens (tertiary/aromatic N) is 1. The summed E-state index contributed by atoms with van der Waals surface area (Å²) in [4.78, 5) is 18.2. The van der Waals surface area contributed by atoms with E-state index in [1.54, 1.807) is 6.07 Å². The van der Waals surface area contributed by atoms with E-state index in [0.29, 0.717) is 21.7 Å². The fourth-order valence-electron chi connectivity index (χ4n) is 2.49. The Bertz CT molecular complexity index is 957. The van der Waals surface area contributed by atoms with Gasteiger partial charge in [0.15, 0.2) is 16.7 Å². The highest BCUT2D eigenvalue weighted by Crippen LogP contribution is 2.39. The molecule has 122 valence electrons. The van der Waals surface area contributed by atoms with E-state index in [1.807, 2.05) is 24.3 Å². The van der Waals surface area contributed by atoms with Gasteiger partial charge in [-0.05, 0) is 29.8 Å². The van der Waals surface area contributed by atoms with Crippen molar-refractivity contribution in [3.05, 3.63) is 35.4 Å². The second-order valence-electron chi connectivity index (χ2n) is 5.14. The number of ether oxygens (including phenoxy) is 2. The number of carboxylic acids is 1. The highest BCUT2D eigenvalue weighted by molar-refractivity contribution is 7.99. The van der Waals surface area contributed by atoms with E-state index in [-0.39, 0.29) is 12.5 Å². The molecule has 0 bridgehead atoms. The van der Waals surface area contributed by atoms with Crippen molar-refractivity contribution in [2.45, 2.75) is 5.16 Å². The van der Waals surface area contributed by atoms with Crippen molar-refractivity contribution < 1.29 is 19.4 Å². The number of aromatic nitrogens is 2. The monoisotopic (exact) mass is 362 g/mol. The van der Waals surface area contributed by atoms with Crippen LogP contribution in [0.3, 0.4) is 0 Å². The lowest BCUT2D eigenvalue weighted by Crippen LogP contribution is -1.97. The Morgan fingerprint density at radius 1 is 1.29 bits per heavy atom. The van der Waals surface area contributed by atoms with Crippen LogP contribution in [-0.4, -0.2) is 33.6 Å². The zero-order valence-corrected chi connectivity index (χ0v) is 13.8. The number of thioether (sulfide) groups is 1. The smallest absolute Gasteiger partial charge is 0.313 e. The molecule has 0 fully saturated rings. The minimum absolute atomic E-state index is 0.0530. The first-order chi connectivity index (χ1) is 11.6. The first-order valence-corrected chi connectivity index (χ1v) is 8.40. The Labute approximate surface area is 145 Å². The molecule has 0 saturated heterocycles. The minimum atomic E-state index is -0.889. The van der Waals surface area contributed by atoms with Crippen molar-refractivity contribution in [2.75, 3.05) is 12.5 Å². The number of H-pyrrole nitrogens is 1. The van der Waals surface area contributed by atoms with Crippen LogP contribution in [0.25, 0.3) is 22.2 Å². The molecule has 1 aliphatic heterocycles. The molecule has 2 aromatic carbocycles. The van der Waals surface area contributed by atoms with E-state index in [1.165, 1.54) is 0 Å². The van der Waals surface area contributed by atoms with Crippen molar-refractivity contribution in [1.29, 1.82) is 0 Å². The van der Waals surface area contributed by atoms with Crippen LogP contribution in [0.2, 0.25) is 5.02 Å². The third-order valence-electron chi connectivity index (χ3n) is 3.56.